The fraction of sp³-hybridized carbons (Fsp3) is 0.455. The zero-order chi connectivity index (χ0) is 15.2. The lowest BCUT2D eigenvalue weighted by Gasteiger charge is -2.11. The molecule has 0 saturated carbocycles. The molecule has 1 heterocycles. The van der Waals surface area contributed by atoms with Gasteiger partial charge in [0.05, 0.1) is 0 Å². The highest BCUT2D eigenvalue weighted by molar-refractivity contribution is 7.89. The van der Waals surface area contributed by atoms with E-state index in [1.807, 2.05) is 13.8 Å². The number of amides is 1. The highest BCUT2D eigenvalue weighted by Gasteiger charge is 2.18. The first-order chi connectivity index (χ1) is 9.36. The van der Waals surface area contributed by atoms with E-state index in [4.69, 9.17) is 5.84 Å². The van der Waals surface area contributed by atoms with Crippen LogP contribution < -0.4 is 21.3 Å². The van der Waals surface area contributed by atoms with Gasteiger partial charge in [0.15, 0.2) is 5.82 Å². The number of rotatable bonds is 7. The molecule has 0 spiro atoms. The summed E-state index contributed by atoms with van der Waals surface area (Å²) in [6, 6.07) is 2.88. The third-order valence-corrected chi connectivity index (χ3v) is 3.78. The predicted molar refractivity (Wildman–Crippen MR) is 75.1 cm³/mol. The Morgan fingerprint density at radius 3 is 2.75 bits per heavy atom. The van der Waals surface area contributed by atoms with E-state index in [1.54, 1.807) is 0 Å². The van der Waals surface area contributed by atoms with Gasteiger partial charge in [-0.05, 0) is 26.0 Å². The second-order valence-corrected chi connectivity index (χ2v) is 6.10. The molecule has 0 saturated heterocycles. The molecule has 9 heteroatoms. The second kappa shape index (κ2) is 7.17. The molecule has 1 amide bonds. The van der Waals surface area contributed by atoms with Crippen molar-refractivity contribution in [3.8, 4) is 0 Å². The quantitative estimate of drug-likeness (QED) is 0.399. The van der Waals surface area contributed by atoms with Crippen LogP contribution in [0.4, 0.5) is 5.82 Å². The lowest BCUT2D eigenvalue weighted by Crippen LogP contribution is -2.34. The Balaban J connectivity index is 2.65. The largest absolute Gasteiger partial charge is 0.354 e. The Kier molecular flexibility index (Phi) is 5.86. The number of aromatic nitrogens is 1. The van der Waals surface area contributed by atoms with E-state index < -0.39 is 10.0 Å². The van der Waals surface area contributed by atoms with Crippen molar-refractivity contribution < 1.29 is 13.2 Å². The number of anilines is 1. The predicted octanol–water partition coefficient (Wildman–Crippen LogP) is -0.440. The molecule has 0 radical (unpaired) electrons. The number of hydrazine groups is 1. The first kappa shape index (κ1) is 16.3. The topological polar surface area (TPSA) is 126 Å². The van der Waals surface area contributed by atoms with Gasteiger partial charge < -0.3 is 10.7 Å². The van der Waals surface area contributed by atoms with E-state index in [1.165, 1.54) is 18.3 Å². The normalized spacial score (nSPS) is 11.4. The molecule has 0 atom stereocenters. The molecule has 1 rings (SSSR count). The van der Waals surface area contributed by atoms with Crippen LogP contribution in [0.15, 0.2) is 23.2 Å². The number of carbonyl (C=O) groups is 1. The molecule has 8 nitrogen and oxygen atoms in total. The fourth-order valence-electron chi connectivity index (χ4n) is 1.49. The maximum atomic E-state index is 12.0. The van der Waals surface area contributed by atoms with Gasteiger partial charge in [-0.15, -0.1) is 0 Å². The molecular weight excluding hydrogens is 282 g/mol. The summed E-state index contributed by atoms with van der Waals surface area (Å²) >= 11 is 0. The number of pyridine rings is 1. The number of nitrogens with one attached hydrogen (secondary N) is 3. The standard InChI is InChI=1S/C11H19N5O3S/c1-8(2)15-10(17)5-7-14-20(18,19)9-4-3-6-13-11(9)16-12/h3-4,6,8,14H,5,7,12H2,1-2H3,(H,13,16)(H,15,17). The van der Waals surface area contributed by atoms with Crippen LogP contribution in [-0.2, 0) is 14.8 Å². The summed E-state index contributed by atoms with van der Waals surface area (Å²) in [7, 11) is -3.76. The number of nitrogen functional groups attached to an aromatic ring is 1. The van der Waals surface area contributed by atoms with E-state index in [0.717, 1.165) is 0 Å². The molecule has 0 aliphatic rings. The van der Waals surface area contributed by atoms with Gasteiger partial charge in [0.25, 0.3) is 0 Å². The minimum Gasteiger partial charge on any atom is -0.354 e. The third-order valence-electron chi connectivity index (χ3n) is 2.29. The summed E-state index contributed by atoms with van der Waals surface area (Å²) in [4.78, 5) is 15.2. The maximum Gasteiger partial charge on any atom is 0.244 e. The average molecular weight is 301 g/mol. The van der Waals surface area contributed by atoms with Gasteiger partial charge >= 0.3 is 0 Å². The van der Waals surface area contributed by atoms with Crippen LogP contribution in [0.3, 0.4) is 0 Å². The highest BCUT2D eigenvalue weighted by Crippen LogP contribution is 2.16. The van der Waals surface area contributed by atoms with Crippen LogP contribution in [0, 0.1) is 0 Å². The van der Waals surface area contributed by atoms with Crippen LogP contribution in [0.5, 0.6) is 0 Å². The van der Waals surface area contributed by atoms with Crippen molar-refractivity contribution in [2.45, 2.75) is 31.2 Å². The summed E-state index contributed by atoms with van der Waals surface area (Å²) in [6.45, 7) is 3.66. The first-order valence-electron chi connectivity index (χ1n) is 6.07. The molecule has 0 aliphatic heterocycles. The van der Waals surface area contributed by atoms with Gasteiger partial charge in [0.2, 0.25) is 15.9 Å². The average Bonchev–Trinajstić information content (AvgIpc) is 2.37. The van der Waals surface area contributed by atoms with Crippen molar-refractivity contribution in [2.75, 3.05) is 12.0 Å². The molecular formula is C11H19N5O3S. The summed E-state index contributed by atoms with van der Waals surface area (Å²) in [6.07, 6.45) is 1.48. The second-order valence-electron chi connectivity index (χ2n) is 4.36. The van der Waals surface area contributed by atoms with Gasteiger partial charge in [0.1, 0.15) is 4.90 Å². The maximum absolute atomic E-state index is 12.0. The summed E-state index contributed by atoms with van der Waals surface area (Å²) in [5, 5.41) is 2.67. The number of sulfonamides is 1. The number of nitrogens with two attached hydrogens (primary N) is 1. The highest BCUT2D eigenvalue weighted by atomic mass is 32.2. The molecule has 20 heavy (non-hydrogen) atoms. The van der Waals surface area contributed by atoms with Crippen LogP contribution in [0.1, 0.15) is 20.3 Å². The molecule has 0 bridgehead atoms. The first-order valence-corrected chi connectivity index (χ1v) is 7.56. The van der Waals surface area contributed by atoms with E-state index in [9.17, 15) is 13.2 Å². The fourth-order valence-corrected chi connectivity index (χ4v) is 2.64. The van der Waals surface area contributed by atoms with E-state index in [0.29, 0.717) is 0 Å². The van der Waals surface area contributed by atoms with Gasteiger partial charge in [-0.25, -0.2) is 24.0 Å². The Bertz CT molecular complexity index is 559. The van der Waals surface area contributed by atoms with Crippen molar-refractivity contribution in [3.05, 3.63) is 18.3 Å². The van der Waals surface area contributed by atoms with E-state index in [2.05, 4.69) is 20.4 Å². The van der Waals surface area contributed by atoms with Crippen molar-refractivity contribution in [1.29, 1.82) is 0 Å². The lowest BCUT2D eigenvalue weighted by molar-refractivity contribution is -0.121. The number of hydrogen-bond acceptors (Lipinski definition) is 6. The number of nitrogens with zero attached hydrogens (tertiary/aromatic N) is 1. The smallest absolute Gasteiger partial charge is 0.244 e. The zero-order valence-corrected chi connectivity index (χ0v) is 12.2. The zero-order valence-electron chi connectivity index (χ0n) is 11.4. The Labute approximate surface area is 118 Å². The third kappa shape index (κ3) is 4.76. The van der Waals surface area contributed by atoms with Crippen molar-refractivity contribution in [1.82, 2.24) is 15.0 Å². The molecule has 0 aromatic carbocycles. The number of carbonyl (C=O) groups excluding carboxylic acids is 1. The van der Waals surface area contributed by atoms with E-state index >= 15 is 0 Å². The number of hydrogen-bond donors (Lipinski definition) is 4. The summed E-state index contributed by atoms with van der Waals surface area (Å²) < 4.78 is 26.4. The van der Waals surface area contributed by atoms with E-state index in [-0.39, 0.29) is 35.6 Å². The molecule has 0 unspecified atom stereocenters. The van der Waals surface area contributed by atoms with Crippen molar-refractivity contribution in [2.24, 2.45) is 5.84 Å². The van der Waals surface area contributed by atoms with Crippen LogP contribution >= 0.6 is 0 Å². The van der Waals surface area contributed by atoms with Gasteiger partial charge in [0, 0.05) is 25.2 Å². The molecule has 0 fully saturated rings. The summed E-state index contributed by atoms with van der Waals surface area (Å²) in [5.74, 6) is 5.04. The Morgan fingerprint density at radius 1 is 1.45 bits per heavy atom. The van der Waals surface area contributed by atoms with Crippen LogP contribution in [0.25, 0.3) is 0 Å². The minimum absolute atomic E-state index is 0.000206. The van der Waals surface area contributed by atoms with Crippen molar-refractivity contribution >= 4 is 21.7 Å². The summed E-state index contributed by atoms with van der Waals surface area (Å²) in [5.41, 5.74) is 2.22. The molecule has 1 aromatic rings. The Hall–Kier alpha value is -1.71. The Morgan fingerprint density at radius 2 is 2.15 bits per heavy atom. The van der Waals surface area contributed by atoms with Crippen LogP contribution in [-0.4, -0.2) is 31.9 Å². The monoisotopic (exact) mass is 301 g/mol. The van der Waals surface area contributed by atoms with Gasteiger partial charge in [-0.2, -0.15) is 0 Å². The lowest BCUT2D eigenvalue weighted by atomic mass is 10.3. The van der Waals surface area contributed by atoms with Crippen LogP contribution in [0.2, 0.25) is 0 Å². The minimum atomic E-state index is -3.76. The SMILES string of the molecule is CC(C)NC(=O)CCNS(=O)(=O)c1cccnc1NN. The molecule has 0 aliphatic carbocycles. The molecule has 1 aromatic heterocycles. The molecule has 5 N–H and O–H groups in total. The van der Waals surface area contributed by atoms with Gasteiger partial charge in [-0.3, -0.25) is 4.79 Å². The van der Waals surface area contributed by atoms with Gasteiger partial charge in [-0.1, -0.05) is 0 Å². The molecule has 112 valence electrons. The van der Waals surface area contributed by atoms with Crippen molar-refractivity contribution in [3.63, 3.8) is 0 Å².